The SMILES string of the molecule is COc1ccccc1[C@@H](C)NC(=O)Nc1nc2ccccc2s1. The van der Waals surface area contributed by atoms with Gasteiger partial charge in [0.2, 0.25) is 0 Å². The monoisotopic (exact) mass is 327 g/mol. The first-order chi connectivity index (χ1) is 11.2. The molecule has 6 heteroatoms. The number of aromatic nitrogens is 1. The number of carbonyl (C=O) groups excluding carboxylic acids is 1. The van der Waals surface area contributed by atoms with Crippen molar-refractivity contribution in [2.24, 2.45) is 0 Å². The average molecular weight is 327 g/mol. The fourth-order valence-corrected chi connectivity index (χ4v) is 3.22. The van der Waals surface area contributed by atoms with Gasteiger partial charge in [-0.2, -0.15) is 0 Å². The number of amides is 2. The number of thiazole rings is 1. The molecule has 0 radical (unpaired) electrons. The Morgan fingerprint density at radius 3 is 2.70 bits per heavy atom. The van der Waals surface area contributed by atoms with Gasteiger partial charge in [-0.1, -0.05) is 41.7 Å². The Balaban J connectivity index is 1.69. The number of carbonyl (C=O) groups is 1. The third-order valence-corrected chi connectivity index (χ3v) is 4.42. The first-order valence-electron chi connectivity index (χ1n) is 7.23. The van der Waals surface area contributed by atoms with Crippen molar-refractivity contribution in [2.45, 2.75) is 13.0 Å². The molecule has 0 saturated heterocycles. The van der Waals surface area contributed by atoms with Crippen LogP contribution in [0.1, 0.15) is 18.5 Å². The molecule has 1 atom stereocenters. The zero-order chi connectivity index (χ0) is 16.2. The Labute approximate surface area is 138 Å². The van der Waals surface area contributed by atoms with Crippen LogP contribution in [0.15, 0.2) is 48.5 Å². The number of anilines is 1. The van der Waals surface area contributed by atoms with E-state index in [-0.39, 0.29) is 12.1 Å². The number of methoxy groups -OCH3 is 1. The molecule has 0 aliphatic rings. The molecular formula is C17H17N3O2S. The van der Waals surface area contributed by atoms with Gasteiger partial charge in [0.1, 0.15) is 5.75 Å². The first kappa shape index (κ1) is 15.3. The molecule has 3 aromatic rings. The normalized spacial score (nSPS) is 11.9. The van der Waals surface area contributed by atoms with E-state index in [2.05, 4.69) is 15.6 Å². The molecule has 0 fully saturated rings. The van der Waals surface area contributed by atoms with E-state index in [0.717, 1.165) is 21.5 Å². The fraction of sp³-hybridized carbons (Fsp3) is 0.176. The van der Waals surface area contributed by atoms with Gasteiger partial charge in [0.25, 0.3) is 0 Å². The van der Waals surface area contributed by atoms with E-state index in [1.807, 2.05) is 55.5 Å². The van der Waals surface area contributed by atoms with Gasteiger partial charge in [-0.25, -0.2) is 9.78 Å². The number of ether oxygens (including phenoxy) is 1. The quantitative estimate of drug-likeness (QED) is 0.755. The minimum absolute atomic E-state index is 0.180. The van der Waals surface area contributed by atoms with Crippen LogP contribution in [-0.4, -0.2) is 18.1 Å². The number of hydrogen-bond donors (Lipinski definition) is 2. The second kappa shape index (κ2) is 6.66. The fourth-order valence-electron chi connectivity index (χ4n) is 2.36. The summed E-state index contributed by atoms with van der Waals surface area (Å²) in [6.45, 7) is 1.91. The van der Waals surface area contributed by atoms with E-state index in [0.29, 0.717) is 5.13 Å². The third-order valence-electron chi connectivity index (χ3n) is 3.47. The molecule has 0 unspecified atom stereocenters. The summed E-state index contributed by atoms with van der Waals surface area (Å²) >= 11 is 1.45. The molecule has 0 aliphatic carbocycles. The standard InChI is InChI=1S/C17H17N3O2S/c1-11(12-7-3-5-9-14(12)22-2)18-16(21)20-17-19-13-8-4-6-10-15(13)23-17/h3-11H,1-2H3,(H2,18,19,20,21)/t11-/m1/s1. The highest BCUT2D eigenvalue weighted by atomic mass is 32.1. The summed E-state index contributed by atoms with van der Waals surface area (Å²) in [5.74, 6) is 0.750. The van der Waals surface area contributed by atoms with Gasteiger partial charge < -0.3 is 10.1 Å². The molecule has 0 saturated carbocycles. The van der Waals surface area contributed by atoms with Crippen LogP contribution in [0.5, 0.6) is 5.75 Å². The Morgan fingerprint density at radius 1 is 1.17 bits per heavy atom. The van der Waals surface area contributed by atoms with E-state index in [1.165, 1.54) is 11.3 Å². The number of fused-ring (bicyclic) bond motifs is 1. The van der Waals surface area contributed by atoms with E-state index in [1.54, 1.807) is 7.11 Å². The molecule has 2 N–H and O–H groups in total. The predicted octanol–water partition coefficient (Wildman–Crippen LogP) is 4.19. The smallest absolute Gasteiger partial charge is 0.321 e. The summed E-state index contributed by atoms with van der Waals surface area (Å²) in [6.07, 6.45) is 0. The minimum Gasteiger partial charge on any atom is -0.496 e. The number of nitrogens with one attached hydrogen (secondary N) is 2. The number of benzene rings is 2. The summed E-state index contributed by atoms with van der Waals surface area (Å²) in [7, 11) is 1.62. The van der Waals surface area contributed by atoms with E-state index < -0.39 is 0 Å². The van der Waals surface area contributed by atoms with Gasteiger partial charge in [0.05, 0.1) is 23.4 Å². The highest BCUT2D eigenvalue weighted by Crippen LogP contribution is 2.26. The zero-order valence-electron chi connectivity index (χ0n) is 12.9. The Bertz CT molecular complexity index is 798. The molecular weight excluding hydrogens is 310 g/mol. The molecule has 5 nitrogen and oxygen atoms in total. The lowest BCUT2D eigenvalue weighted by molar-refractivity contribution is 0.249. The minimum atomic E-state index is -0.289. The number of para-hydroxylation sites is 2. The van der Waals surface area contributed by atoms with Crippen LogP contribution in [0.2, 0.25) is 0 Å². The van der Waals surface area contributed by atoms with Gasteiger partial charge in [-0.05, 0) is 25.1 Å². The van der Waals surface area contributed by atoms with Crippen molar-refractivity contribution in [3.63, 3.8) is 0 Å². The number of hydrogen-bond acceptors (Lipinski definition) is 4. The molecule has 3 rings (SSSR count). The lowest BCUT2D eigenvalue weighted by atomic mass is 10.1. The summed E-state index contributed by atoms with van der Waals surface area (Å²) < 4.78 is 6.37. The van der Waals surface area contributed by atoms with Crippen LogP contribution in [0.25, 0.3) is 10.2 Å². The van der Waals surface area contributed by atoms with Gasteiger partial charge in [0.15, 0.2) is 5.13 Å². The van der Waals surface area contributed by atoms with E-state index >= 15 is 0 Å². The van der Waals surface area contributed by atoms with Crippen LogP contribution in [0.4, 0.5) is 9.93 Å². The van der Waals surface area contributed by atoms with Crippen LogP contribution < -0.4 is 15.4 Å². The van der Waals surface area contributed by atoms with Crippen molar-refractivity contribution in [3.8, 4) is 5.75 Å². The predicted molar refractivity (Wildman–Crippen MR) is 93.2 cm³/mol. The number of nitrogens with zero attached hydrogens (tertiary/aromatic N) is 1. The topological polar surface area (TPSA) is 63.2 Å². The summed E-state index contributed by atoms with van der Waals surface area (Å²) in [6, 6.07) is 14.9. The van der Waals surface area contributed by atoms with Crippen molar-refractivity contribution in [3.05, 3.63) is 54.1 Å². The zero-order valence-corrected chi connectivity index (χ0v) is 13.7. The van der Waals surface area contributed by atoms with Crippen LogP contribution in [0.3, 0.4) is 0 Å². The largest absolute Gasteiger partial charge is 0.496 e. The first-order valence-corrected chi connectivity index (χ1v) is 8.05. The molecule has 0 aliphatic heterocycles. The summed E-state index contributed by atoms with van der Waals surface area (Å²) in [4.78, 5) is 16.6. The van der Waals surface area contributed by atoms with Crippen LogP contribution >= 0.6 is 11.3 Å². The Morgan fingerprint density at radius 2 is 1.91 bits per heavy atom. The van der Waals surface area contributed by atoms with Gasteiger partial charge in [-0.3, -0.25) is 5.32 Å². The van der Waals surface area contributed by atoms with Gasteiger partial charge in [-0.15, -0.1) is 0 Å². The van der Waals surface area contributed by atoms with Crippen LogP contribution in [-0.2, 0) is 0 Å². The maximum atomic E-state index is 12.2. The van der Waals surface area contributed by atoms with Crippen molar-refractivity contribution in [2.75, 3.05) is 12.4 Å². The third kappa shape index (κ3) is 3.43. The molecule has 1 aromatic heterocycles. The maximum absolute atomic E-state index is 12.2. The van der Waals surface area contributed by atoms with Crippen molar-refractivity contribution in [1.82, 2.24) is 10.3 Å². The Kier molecular flexibility index (Phi) is 4.43. The molecule has 2 aromatic carbocycles. The molecule has 1 heterocycles. The molecule has 2 amide bonds. The highest BCUT2D eigenvalue weighted by Gasteiger charge is 2.14. The summed E-state index contributed by atoms with van der Waals surface area (Å²) in [5, 5.41) is 6.27. The Hall–Kier alpha value is -2.60. The second-order valence-electron chi connectivity index (χ2n) is 5.05. The second-order valence-corrected chi connectivity index (χ2v) is 6.08. The number of urea groups is 1. The van der Waals surface area contributed by atoms with Gasteiger partial charge in [0, 0.05) is 5.56 Å². The lowest BCUT2D eigenvalue weighted by Crippen LogP contribution is -2.31. The molecule has 0 spiro atoms. The number of rotatable bonds is 4. The van der Waals surface area contributed by atoms with Crippen molar-refractivity contribution >= 4 is 32.7 Å². The van der Waals surface area contributed by atoms with Crippen LogP contribution in [0, 0.1) is 0 Å². The van der Waals surface area contributed by atoms with E-state index in [4.69, 9.17) is 4.74 Å². The molecule has 118 valence electrons. The lowest BCUT2D eigenvalue weighted by Gasteiger charge is -2.17. The molecule has 0 bridgehead atoms. The van der Waals surface area contributed by atoms with E-state index in [9.17, 15) is 4.79 Å². The summed E-state index contributed by atoms with van der Waals surface area (Å²) in [5.41, 5.74) is 1.81. The van der Waals surface area contributed by atoms with Gasteiger partial charge >= 0.3 is 6.03 Å². The van der Waals surface area contributed by atoms with Crippen molar-refractivity contribution in [1.29, 1.82) is 0 Å². The average Bonchev–Trinajstić information content (AvgIpc) is 2.96. The highest BCUT2D eigenvalue weighted by molar-refractivity contribution is 7.22. The molecule has 23 heavy (non-hydrogen) atoms. The maximum Gasteiger partial charge on any atom is 0.321 e. The van der Waals surface area contributed by atoms with Crippen molar-refractivity contribution < 1.29 is 9.53 Å².